The van der Waals surface area contributed by atoms with Crippen LogP contribution in [0.25, 0.3) is 11.0 Å². The number of pyridine rings is 1. The first-order valence-corrected chi connectivity index (χ1v) is 13.4. The second-order valence-electron chi connectivity index (χ2n) is 9.30. The van der Waals surface area contributed by atoms with Crippen LogP contribution >= 0.6 is 0 Å². The number of hydrogen-bond donors (Lipinski definition) is 3. The van der Waals surface area contributed by atoms with Crippen molar-refractivity contribution >= 4 is 27.8 Å². The maximum atomic E-state index is 12.7. The van der Waals surface area contributed by atoms with E-state index in [2.05, 4.69) is 15.0 Å². The molecule has 1 fully saturated rings. The average molecular weight is 517 g/mol. The number of fused-ring (bicyclic) bond motifs is 1. The molecule has 0 bridgehead atoms. The van der Waals surface area contributed by atoms with Crippen molar-refractivity contribution in [2.45, 2.75) is 63.3 Å². The fourth-order valence-electron chi connectivity index (χ4n) is 4.68. The van der Waals surface area contributed by atoms with Gasteiger partial charge in [0.15, 0.2) is 5.16 Å². The number of aliphatic carboxylic acids is 1. The summed E-state index contributed by atoms with van der Waals surface area (Å²) in [7, 11) is 1.91. The van der Waals surface area contributed by atoms with Crippen molar-refractivity contribution in [3.05, 3.63) is 41.2 Å². The van der Waals surface area contributed by atoms with Crippen molar-refractivity contribution in [1.82, 2.24) is 15.0 Å². The quantitative estimate of drug-likeness (QED) is 0.403. The van der Waals surface area contributed by atoms with Gasteiger partial charge >= 0.3 is 5.97 Å². The Morgan fingerprint density at radius 3 is 2.53 bits per heavy atom. The molecule has 196 valence electrons. The molecule has 2 aromatic heterocycles. The summed E-state index contributed by atoms with van der Waals surface area (Å²) in [5.74, 6) is 1.08. The van der Waals surface area contributed by atoms with Crippen LogP contribution in [0.15, 0.2) is 29.6 Å². The molecule has 1 unspecified atom stereocenters. The van der Waals surface area contributed by atoms with Crippen LogP contribution in [0.1, 0.15) is 55.3 Å². The van der Waals surface area contributed by atoms with Gasteiger partial charge in [0, 0.05) is 23.4 Å². The highest BCUT2D eigenvalue weighted by molar-refractivity contribution is 7.84. The maximum Gasteiger partial charge on any atom is 0.303 e. The summed E-state index contributed by atoms with van der Waals surface area (Å²) in [5.41, 5.74) is 9.70. The molecule has 10 heteroatoms. The minimum Gasteiger partial charge on any atom is -0.497 e. The van der Waals surface area contributed by atoms with Crippen molar-refractivity contribution in [3.8, 4) is 11.5 Å². The molecule has 0 saturated heterocycles. The molecular weight excluding hydrogens is 480 g/mol. The van der Waals surface area contributed by atoms with Crippen LogP contribution in [0, 0.1) is 19.3 Å². The number of hydrogen-bond acceptors (Lipinski definition) is 7. The first-order valence-electron chi connectivity index (χ1n) is 12.0. The summed E-state index contributed by atoms with van der Waals surface area (Å²) in [6, 6.07) is 5.50. The minimum absolute atomic E-state index is 0.0793. The maximum absolute atomic E-state index is 12.7. The zero-order chi connectivity index (χ0) is 26.3. The van der Waals surface area contributed by atoms with E-state index in [1.807, 2.05) is 32.0 Å². The Kier molecular flexibility index (Phi) is 9.44. The molecule has 1 aromatic carbocycles. The third-order valence-electron chi connectivity index (χ3n) is 6.77. The standard InChI is InChI=1S/C17H19N3O3S.C9H17NO2/c1-10-8-18-15(11(2)16(10)23-4)9-24(21)17-19-13-6-5-12(22-3)7-14(13)20-17;10-7-9(6-8(11)12)4-2-1-3-5-9/h5-8H,9H2,1-4H3,(H,19,20);1-7,10H2,(H,11,12). The molecule has 1 atom stereocenters. The van der Waals surface area contributed by atoms with Crippen molar-refractivity contribution in [2.24, 2.45) is 11.1 Å². The summed E-state index contributed by atoms with van der Waals surface area (Å²) >= 11 is 0. The number of methoxy groups -OCH3 is 2. The van der Waals surface area contributed by atoms with Crippen LogP contribution in [0.2, 0.25) is 0 Å². The van der Waals surface area contributed by atoms with Gasteiger partial charge in [-0.2, -0.15) is 0 Å². The number of aromatic nitrogens is 3. The number of carboxylic acid groups (broad SMARTS) is 1. The van der Waals surface area contributed by atoms with E-state index < -0.39 is 16.8 Å². The van der Waals surface area contributed by atoms with E-state index in [4.69, 9.17) is 20.3 Å². The summed E-state index contributed by atoms with van der Waals surface area (Å²) in [4.78, 5) is 22.5. The van der Waals surface area contributed by atoms with Crippen LogP contribution < -0.4 is 15.2 Å². The third kappa shape index (κ3) is 6.61. The van der Waals surface area contributed by atoms with E-state index in [9.17, 15) is 9.00 Å². The van der Waals surface area contributed by atoms with Crippen LogP contribution in [0.4, 0.5) is 0 Å². The van der Waals surface area contributed by atoms with E-state index in [1.165, 1.54) is 6.42 Å². The van der Waals surface area contributed by atoms with Gasteiger partial charge in [-0.25, -0.2) is 4.98 Å². The van der Waals surface area contributed by atoms with Gasteiger partial charge in [-0.15, -0.1) is 0 Å². The molecule has 1 aliphatic carbocycles. The number of imidazole rings is 1. The summed E-state index contributed by atoms with van der Waals surface area (Å²) < 4.78 is 23.3. The second kappa shape index (κ2) is 12.3. The number of ether oxygens (including phenoxy) is 2. The van der Waals surface area contributed by atoms with Crippen molar-refractivity contribution < 1.29 is 23.6 Å². The van der Waals surface area contributed by atoms with E-state index in [-0.39, 0.29) is 17.6 Å². The van der Waals surface area contributed by atoms with E-state index in [1.54, 1.807) is 20.4 Å². The zero-order valence-electron chi connectivity index (χ0n) is 21.4. The number of aromatic amines is 1. The average Bonchev–Trinajstić information content (AvgIpc) is 3.30. The Labute approximate surface area is 214 Å². The van der Waals surface area contributed by atoms with Crippen molar-refractivity contribution in [3.63, 3.8) is 0 Å². The molecule has 0 aliphatic heterocycles. The molecular formula is C26H36N4O5S. The molecule has 3 aromatic rings. The highest BCUT2D eigenvalue weighted by Gasteiger charge is 2.32. The summed E-state index contributed by atoms with van der Waals surface area (Å²) in [6.45, 7) is 4.39. The van der Waals surface area contributed by atoms with Crippen molar-refractivity contribution in [2.75, 3.05) is 20.8 Å². The Bertz CT molecular complexity index is 1220. The first-order chi connectivity index (χ1) is 17.2. The van der Waals surface area contributed by atoms with Crippen molar-refractivity contribution in [1.29, 1.82) is 0 Å². The van der Waals surface area contributed by atoms with Gasteiger partial charge in [-0.3, -0.25) is 14.0 Å². The van der Waals surface area contributed by atoms with E-state index in [0.29, 0.717) is 11.7 Å². The highest BCUT2D eigenvalue weighted by atomic mass is 32.2. The Balaban J connectivity index is 0.000000253. The monoisotopic (exact) mass is 516 g/mol. The predicted molar refractivity (Wildman–Crippen MR) is 140 cm³/mol. The number of carboxylic acids is 1. The van der Waals surface area contributed by atoms with Gasteiger partial charge in [0.05, 0.1) is 53.9 Å². The number of carbonyl (C=O) groups is 1. The summed E-state index contributed by atoms with van der Waals surface area (Å²) in [6.07, 6.45) is 7.51. The Morgan fingerprint density at radius 2 is 1.92 bits per heavy atom. The van der Waals surface area contributed by atoms with Gasteiger partial charge < -0.3 is 25.3 Å². The second-order valence-corrected chi connectivity index (χ2v) is 10.7. The van der Waals surface area contributed by atoms with E-state index in [0.717, 1.165) is 65.0 Å². The number of nitrogens with zero attached hydrogens (tertiary/aromatic N) is 2. The number of nitrogens with two attached hydrogens (primary N) is 1. The topological polar surface area (TPSA) is 140 Å². The molecule has 0 amide bonds. The van der Waals surface area contributed by atoms with Crippen LogP contribution in [0.5, 0.6) is 11.5 Å². The molecule has 4 N–H and O–H groups in total. The lowest BCUT2D eigenvalue weighted by Crippen LogP contribution is -2.34. The predicted octanol–water partition coefficient (Wildman–Crippen LogP) is 4.27. The zero-order valence-corrected chi connectivity index (χ0v) is 22.2. The molecule has 4 rings (SSSR count). The molecule has 36 heavy (non-hydrogen) atoms. The van der Waals surface area contributed by atoms with Gasteiger partial charge in [-0.1, -0.05) is 19.3 Å². The lowest BCUT2D eigenvalue weighted by atomic mass is 9.72. The molecule has 2 heterocycles. The minimum atomic E-state index is -1.33. The number of benzene rings is 1. The largest absolute Gasteiger partial charge is 0.497 e. The fraction of sp³-hybridized carbons (Fsp3) is 0.500. The number of aryl methyl sites for hydroxylation is 1. The lowest BCUT2D eigenvalue weighted by Gasteiger charge is -2.34. The SMILES string of the molecule is COc1ccc2nc(S(=O)Cc3ncc(C)c(OC)c3C)[nH]c2c1.NCC1(CC(=O)O)CCCCC1. The molecule has 0 spiro atoms. The Morgan fingerprint density at radius 1 is 1.19 bits per heavy atom. The van der Waals surface area contributed by atoms with Gasteiger partial charge in [0.25, 0.3) is 0 Å². The van der Waals surface area contributed by atoms with Crippen LogP contribution in [0.3, 0.4) is 0 Å². The smallest absolute Gasteiger partial charge is 0.303 e. The molecule has 9 nitrogen and oxygen atoms in total. The Hall–Kier alpha value is -2.98. The van der Waals surface area contributed by atoms with Gasteiger partial charge in [0.1, 0.15) is 11.5 Å². The molecule has 1 aliphatic rings. The first kappa shape index (κ1) is 27.6. The number of rotatable bonds is 8. The van der Waals surface area contributed by atoms with Gasteiger partial charge in [-0.05, 0) is 50.8 Å². The molecule has 0 radical (unpaired) electrons. The van der Waals surface area contributed by atoms with Gasteiger partial charge in [0.2, 0.25) is 0 Å². The number of H-pyrrole nitrogens is 1. The number of nitrogens with one attached hydrogen (secondary N) is 1. The summed E-state index contributed by atoms with van der Waals surface area (Å²) in [5, 5.41) is 9.14. The van der Waals surface area contributed by atoms with Crippen LogP contribution in [-0.4, -0.2) is 51.0 Å². The fourth-order valence-corrected chi connectivity index (χ4v) is 5.78. The van der Waals surface area contributed by atoms with Crippen LogP contribution in [-0.2, 0) is 21.3 Å². The third-order valence-corrected chi connectivity index (χ3v) is 7.93. The highest BCUT2D eigenvalue weighted by Crippen LogP contribution is 2.38. The molecule has 1 saturated carbocycles. The van der Waals surface area contributed by atoms with E-state index >= 15 is 0 Å². The lowest BCUT2D eigenvalue weighted by molar-refractivity contribution is -0.140. The normalized spacial score (nSPS) is 15.6.